The molecule has 4 aromatic carbocycles. The zero-order valence-electron chi connectivity index (χ0n) is 20.2. The number of para-hydroxylation sites is 1. The van der Waals surface area contributed by atoms with Gasteiger partial charge in [-0.05, 0) is 29.3 Å². The van der Waals surface area contributed by atoms with Gasteiger partial charge in [-0.15, -0.1) is 0 Å². The molecule has 0 aliphatic rings. The Labute approximate surface area is 210 Å². The molecule has 36 heavy (non-hydrogen) atoms. The molecule has 0 spiro atoms. The van der Waals surface area contributed by atoms with E-state index in [4.69, 9.17) is 9.47 Å². The van der Waals surface area contributed by atoms with Gasteiger partial charge in [0.25, 0.3) is 5.91 Å². The number of carbonyl (C=O) groups excluding carboxylic acids is 2. The van der Waals surface area contributed by atoms with Crippen molar-refractivity contribution in [3.8, 4) is 22.6 Å². The van der Waals surface area contributed by atoms with Crippen molar-refractivity contribution in [2.75, 3.05) is 19.5 Å². The van der Waals surface area contributed by atoms with Gasteiger partial charge in [-0.25, -0.2) is 0 Å². The van der Waals surface area contributed by atoms with Gasteiger partial charge in [-0.3, -0.25) is 9.59 Å². The summed E-state index contributed by atoms with van der Waals surface area (Å²) in [5.74, 6) is 0.199. The van der Waals surface area contributed by atoms with Crippen LogP contribution in [0.2, 0.25) is 0 Å². The van der Waals surface area contributed by atoms with Crippen LogP contribution in [0.5, 0.6) is 11.5 Å². The number of benzene rings is 4. The quantitative estimate of drug-likeness (QED) is 0.339. The lowest BCUT2D eigenvalue weighted by Crippen LogP contribution is -2.45. The minimum atomic E-state index is -0.824. The second-order valence-corrected chi connectivity index (χ2v) is 8.18. The molecule has 6 nitrogen and oxygen atoms in total. The van der Waals surface area contributed by atoms with Crippen molar-refractivity contribution in [3.63, 3.8) is 0 Å². The molecule has 0 saturated carbocycles. The summed E-state index contributed by atoms with van der Waals surface area (Å²) >= 11 is 0. The summed E-state index contributed by atoms with van der Waals surface area (Å²) in [6.07, 6.45) is 0.324. The van der Waals surface area contributed by atoms with E-state index in [0.29, 0.717) is 29.2 Å². The van der Waals surface area contributed by atoms with Crippen molar-refractivity contribution < 1.29 is 19.1 Å². The van der Waals surface area contributed by atoms with Gasteiger partial charge < -0.3 is 20.1 Å². The Hall–Kier alpha value is -4.58. The Bertz CT molecular complexity index is 1320. The number of methoxy groups -OCH3 is 2. The molecular weight excluding hydrogens is 452 g/mol. The van der Waals surface area contributed by atoms with Gasteiger partial charge in [-0.2, -0.15) is 0 Å². The molecule has 0 bridgehead atoms. The van der Waals surface area contributed by atoms with Gasteiger partial charge >= 0.3 is 0 Å². The van der Waals surface area contributed by atoms with Gasteiger partial charge in [0.05, 0.1) is 19.8 Å². The van der Waals surface area contributed by atoms with E-state index >= 15 is 0 Å². The van der Waals surface area contributed by atoms with Crippen LogP contribution >= 0.6 is 0 Å². The van der Waals surface area contributed by atoms with Crippen molar-refractivity contribution in [2.24, 2.45) is 0 Å². The van der Waals surface area contributed by atoms with Crippen LogP contribution in [-0.4, -0.2) is 32.1 Å². The fourth-order valence-electron chi connectivity index (χ4n) is 3.96. The average molecular weight is 481 g/mol. The Balaban J connectivity index is 1.61. The van der Waals surface area contributed by atoms with E-state index in [0.717, 1.165) is 16.7 Å². The monoisotopic (exact) mass is 480 g/mol. The van der Waals surface area contributed by atoms with Crippen molar-refractivity contribution >= 4 is 17.5 Å². The highest BCUT2D eigenvalue weighted by molar-refractivity contribution is 6.04. The van der Waals surface area contributed by atoms with Crippen molar-refractivity contribution in [1.82, 2.24) is 5.32 Å². The third kappa shape index (κ3) is 5.91. The lowest BCUT2D eigenvalue weighted by molar-refractivity contribution is -0.118. The number of rotatable bonds is 9. The molecule has 0 aliphatic carbocycles. The van der Waals surface area contributed by atoms with Crippen LogP contribution < -0.4 is 20.1 Å². The van der Waals surface area contributed by atoms with Gasteiger partial charge in [0, 0.05) is 23.7 Å². The fraction of sp³-hybridized carbons (Fsp3) is 0.133. The molecule has 4 rings (SSSR count). The van der Waals surface area contributed by atoms with Crippen LogP contribution in [0, 0.1) is 0 Å². The molecule has 0 heterocycles. The zero-order chi connectivity index (χ0) is 25.3. The standard InChI is InChI=1S/C30H28N2O4/c1-35-23-17-18-25(28(20-23)36-2)29(33)32-27(19-21-11-5-3-6-12-21)30(34)31-26-16-10-9-15-24(26)22-13-7-4-8-14-22/h3-18,20,27H,19H2,1-2H3,(H,31,34)(H,32,33). The fourth-order valence-corrected chi connectivity index (χ4v) is 3.96. The summed E-state index contributed by atoms with van der Waals surface area (Å²) in [4.78, 5) is 26.8. The highest BCUT2D eigenvalue weighted by Gasteiger charge is 2.24. The third-order valence-electron chi connectivity index (χ3n) is 5.83. The predicted octanol–water partition coefficient (Wildman–Crippen LogP) is 5.35. The van der Waals surface area contributed by atoms with E-state index in [1.54, 1.807) is 25.3 Å². The van der Waals surface area contributed by atoms with Crippen LogP contribution in [0.1, 0.15) is 15.9 Å². The van der Waals surface area contributed by atoms with E-state index in [9.17, 15) is 9.59 Å². The molecule has 0 saturated heterocycles. The first-order valence-electron chi connectivity index (χ1n) is 11.6. The largest absolute Gasteiger partial charge is 0.497 e. The minimum Gasteiger partial charge on any atom is -0.497 e. The van der Waals surface area contributed by atoms with Gasteiger partial charge in [0.1, 0.15) is 17.5 Å². The first kappa shape index (κ1) is 24.5. The van der Waals surface area contributed by atoms with Crippen LogP contribution in [0.3, 0.4) is 0 Å². The molecule has 4 aromatic rings. The maximum Gasteiger partial charge on any atom is 0.255 e. The number of hydrogen-bond acceptors (Lipinski definition) is 4. The summed E-state index contributed by atoms with van der Waals surface area (Å²) in [7, 11) is 3.03. The summed E-state index contributed by atoms with van der Waals surface area (Å²) in [6, 6.07) is 31.1. The average Bonchev–Trinajstić information content (AvgIpc) is 2.93. The first-order valence-corrected chi connectivity index (χ1v) is 11.6. The highest BCUT2D eigenvalue weighted by atomic mass is 16.5. The van der Waals surface area contributed by atoms with Crippen LogP contribution in [-0.2, 0) is 11.2 Å². The third-order valence-corrected chi connectivity index (χ3v) is 5.83. The molecule has 0 fully saturated rings. The molecule has 6 heteroatoms. The Kier molecular flexibility index (Phi) is 7.98. The predicted molar refractivity (Wildman–Crippen MR) is 141 cm³/mol. The Morgan fingerprint density at radius 3 is 2.14 bits per heavy atom. The van der Waals surface area contributed by atoms with Crippen molar-refractivity contribution in [2.45, 2.75) is 12.5 Å². The van der Waals surface area contributed by atoms with Crippen LogP contribution in [0.25, 0.3) is 11.1 Å². The highest BCUT2D eigenvalue weighted by Crippen LogP contribution is 2.28. The topological polar surface area (TPSA) is 76.7 Å². The molecule has 2 amide bonds. The number of amides is 2. The zero-order valence-corrected chi connectivity index (χ0v) is 20.2. The van der Waals surface area contributed by atoms with Crippen LogP contribution in [0.15, 0.2) is 103 Å². The summed E-state index contributed by atoms with van der Waals surface area (Å²) in [5, 5.41) is 5.93. The smallest absolute Gasteiger partial charge is 0.255 e. The van der Waals surface area contributed by atoms with E-state index < -0.39 is 11.9 Å². The molecule has 182 valence electrons. The van der Waals surface area contributed by atoms with E-state index in [2.05, 4.69) is 10.6 Å². The minimum absolute atomic E-state index is 0.314. The molecule has 0 aliphatic heterocycles. The maximum absolute atomic E-state index is 13.5. The normalized spacial score (nSPS) is 11.3. The molecular formula is C30H28N2O4. The number of ether oxygens (including phenoxy) is 2. The van der Waals surface area contributed by atoms with E-state index in [-0.39, 0.29) is 5.91 Å². The number of hydrogen-bond donors (Lipinski definition) is 2. The lowest BCUT2D eigenvalue weighted by Gasteiger charge is -2.21. The lowest BCUT2D eigenvalue weighted by atomic mass is 10.0. The summed E-state index contributed by atoms with van der Waals surface area (Å²) in [6.45, 7) is 0. The maximum atomic E-state index is 13.5. The number of anilines is 1. The molecule has 1 atom stereocenters. The second kappa shape index (κ2) is 11.7. The van der Waals surface area contributed by atoms with Crippen molar-refractivity contribution in [1.29, 1.82) is 0 Å². The summed E-state index contributed by atoms with van der Waals surface area (Å²) < 4.78 is 10.6. The van der Waals surface area contributed by atoms with Gasteiger partial charge in [-0.1, -0.05) is 78.9 Å². The first-order chi connectivity index (χ1) is 17.6. The number of carbonyl (C=O) groups is 2. The van der Waals surface area contributed by atoms with Crippen LogP contribution in [0.4, 0.5) is 5.69 Å². The molecule has 0 radical (unpaired) electrons. The van der Waals surface area contributed by atoms with E-state index in [1.807, 2.05) is 84.9 Å². The van der Waals surface area contributed by atoms with Gasteiger partial charge in [0.2, 0.25) is 5.91 Å². The van der Waals surface area contributed by atoms with Gasteiger partial charge in [0.15, 0.2) is 0 Å². The Morgan fingerprint density at radius 1 is 0.778 bits per heavy atom. The second-order valence-electron chi connectivity index (χ2n) is 8.18. The van der Waals surface area contributed by atoms with E-state index in [1.165, 1.54) is 7.11 Å². The Morgan fingerprint density at radius 2 is 1.44 bits per heavy atom. The number of nitrogens with one attached hydrogen (secondary N) is 2. The van der Waals surface area contributed by atoms with Crippen molar-refractivity contribution in [3.05, 3.63) is 114 Å². The molecule has 1 unspecified atom stereocenters. The molecule has 2 N–H and O–H groups in total. The SMILES string of the molecule is COc1ccc(C(=O)NC(Cc2ccccc2)C(=O)Nc2ccccc2-c2ccccc2)c(OC)c1. The summed E-state index contributed by atoms with van der Waals surface area (Å²) in [5.41, 5.74) is 3.79. The molecule has 0 aromatic heterocycles.